The Morgan fingerprint density at radius 2 is 1.82 bits per heavy atom. The minimum atomic E-state index is -0.415. The number of carbonyl (C=O) groups excluding carboxylic acids is 1. The number of aromatic nitrogens is 3. The monoisotopic (exact) mass is 439 g/mol. The molecular weight excluding hydrogens is 417 g/mol. The van der Waals surface area contributed by atoms with Crippen molar-refractivity contribution in [2.45, 2.75) is 12.5 Å². The third-order valence-corrected chi connectivity index (χ3v) is 5.92. The molecule has 1 amide bonds. The number of nitrogens with one attached hydrogen (secondary N) is 1. The summed E-state index contributed by atoms with van der Waals surface area (Å²) in [4.78, 5) is 19.8. The Morgan fingerprint density at radius 3 is 2.52 bits per heavy atom. The summed E-state index contributed by atoms with van der Waals surface area (Å²) in [5, 5.41) is 7.31. The number of fused-ring (bicyclic) bond motifs is 1. The van der Waals surface area contributed by atoms with E-state index in [0.29, 0.717) is 24.4 Å². The van der Waals surface area contributed by atoms with E-state index in [2.05, 4.69) is 15.2 Å². The molecule has 0 saturated carbocycles. The maximum absolute atomic E-state index is 13.5. The first kappa shape index (κ1) is 20.6. The van der Waals surface area contributed by atoms with Crippen LogP contribution in [0.3, 0.4) is 0 Å². The van der Waals surface area contributed by atoms with Crippen LogP contribution < -0.4 is 5.73 Å². The molecule has 7 heteroatoms. The van der Waals surface area contributed by atoms with Crippen LogP contribution in [0.15, 0.2) is 85.2 Å². The molecule has 1 aliphatic heterocycles. The number of benzene rings is 2. The Kier molecular flexibility index (Phi) is 5.44. The molecule has 164 valence electrons. The molecule has 1 atom stereocenters. The van der Waals surface area contributed by atoms with Gasteiger partial charge in [-0.3, -0.25) is 14.9 Å². The predicted octanol–water partition coefficient (Wildman–Crippen LogP) is 4.55. The second-order valence-corrected chi connectivity index (χ2v) is 7.83. The molecule has 0 spiro atoms. The van der Waals surface area contributed by atoms with Crippen molar-refractivity contribution in [2.75, 3.05) is 6.54 Å². The summed E-state index contributed by atoms with van der Waals surface area (Å²) in [5.41, 5.74) is 11.2. The summed E-state index contributed by atoms with van der Waals surface area (Å²) < 4.78 is 13.5. The molecular formula is C26H22FN5O. The Labute approximate surface area is 190 Å². The van der Waals surface area contributed by atoms with Gasteiger partial charge in [-0.2, -0.15) is 5.10 Å². The number of nitrogens with zero attached hydrogens (tertiary/aromatic N) is 3. The third kappa shape index (κ3) is 3.78. The Morgan fingerprint density at radius 1 is 1.06 bits per heavy atom. The van der Waals surface area contributed by atoms with Gasteiger partial charge in [-0.1, -0.05) is 36.4 Å². The fourth-order valence-electron chi connectivity index (χ4n) is 4.32. The fraction of sp³-hybridized carbons (Fsp3) is 0.115. The zero-order chi connectivity index (χ0) is 22.8. The van der Waals surface area contributed by atoms with Gasteiger partial charge in [-0.15, -0.1) is 0 Å². The number of halogens is 1. The van der Waals surface area contributed by atoms with E-state index in [1.807, 2.05) is 48.5 Å². The van der Waals surface area contributed by atoms with Gasteiger partial charge in [0, 0.05) is 23.9 Å². The smallest absolute Gasteiger partial charge is 0.273 e. The quantitative estimate of drug-likeness (QED) is 0.462. The molecule has 5 rings (SSSR count). The molecule has 0 bridgehead atoms. The van der Waals surface area contributed by atoms with Gasteiger partial charge in [0.25, 0.3) is 5.91 Å². The van der Waals surface area contributed by atoms with Gasteiger partial charge in [0.05, 0.1) is 11.4 Å². The molecule has 3 heterocycles. The summed E-state index contributed by atoms with van der Waals surface area (Å²) >= 11 is 0. The number of H-pyrrole nitrogens is 1. The number of pyridine rings is 1. The average Bonchev–Trinajstić information content (AvgIpc) is 3.40. The van der Waals surface area contributed by atoms with Gasteiger partial charge >= 0.3 is 0 Å². The number of nitrogens with two attached hydrogens (primary N) is 1. The zero-order valence-corrected chi connectivity index (χ0v) is 17.8. The van der Waals surface area contributed by atoms with Crippen LogP contribution in [0, 0.1) is 5.82 Å². The van der Waals surface area contributed by atoms with Crippen LogP contribution in [0.25, 0.3) is 16.8 Å². The number of hydrogen-bond acceptors (Lipinski definition) is 4. The highest BCUT2D eigenvalue weighted by Gasteiger charge is 2.42. The minimum Gasteiger partial charge on any atom is -0.404 e. The topological polar surface area (TPSA) is 87.9 Å². The Bertz CT molecular complexity index is 1300. The lowest BCUT2D eigenvalue weighted by atomic mass is 9.98. The van der Waals surface area contributed by atoms with Gasteiger partial charge in [0.1, 0.15) is 17.6 Å². The van der Waals surface area contributed by atoms with E-state index in [-0.39, 0.29) is 11.7 Å². The SMILES string of the molecule is NC=C(CCN1C(=O)c2[nH]nc(-c3ccc(F)cc3)c2C1c1ccccn1)c1ccccc1. The molecule has 0 fully saturated rings. The van der Waals surface area contributed by atoms with Crippen LogP contribution in [-0.4, -0.2) is 32.5 Å². The van der Waals surface area contributed by atoms with Crippen molar-refractivity contribution in [3.8, 4) is 11.3 Å². The fourth-order valence-corrected chi connectivity index (χ4v) is 4.32. The number of hydrogen-bond donors (Lipinski definition) is 2. The molecule has 0 aliphatic carbocycles. The highest BCUT2D eigenvalue weighted by molar-refractivity contribution is 6.00. The maximum atomic E-state index is 13.5. The van der Waals surface area contributed by atoms with Gasteiger partial charge in [-0.25, -0.2) is 4.39 Å². The molecule has 0 saturated heterocycles. The number of carbonyl (C=O) groups is 1. The van der Waals surface area contributed by atoms with Crippen molar-refractivity contribution < 1.29 is 9.18 Å². The molecule has 33 heavy (non-hydrogen) atoms. The first-order chi connectivity index (χ1) is 16.2. The molecule has 3 N–H and O–H groups in total. The number of rotatable bonds is 6. The van der Waals surface area contributed by atoms with E-state index in [1.165, 1.54) is 12.1 Å². The van der Waals surface area contributed by atoms with Crippen molar-refractivity contribution in [1.29, 1.82) is 0 Å². The van der Waals surface area contributed by atoms with Gasteiger partial charge < -0.3 is 10.6 Å². The van der Waals surface area contributed by atoms with Crippen molar-refractivity contribution >= 4 is 11.5 Å². The largest absolute Gasteiger partial charge is 0.404 e. The third-order valence-electron chi connectivity index (χ3n) is 5.92. The van der Waals surface area contributed by atoms with E-state index in [9.17, 15) is 9.18 Å². The summed E-state index contributed by atoms with van der Waals surface area (Å²) in [6.07, 6.45) is 3.89. The van der Waals surface area contributed by atoms with Gasteiger partial charge in [0.15, 0.2) is 0 Å². The second kappa shape index (κ2) is 8.70. The normalized spacial score (nSPS) is 15.7. The lowest BCUT2D eigenvalue weighted by Crippen LogP contribution is -2.31. The van der Waals surface area contributed by atoms with Crippen LogP contribution in [-0.2, 0) is 0 Å². The molecule has 4 aromatic rings. The first-order valence-electron chi connectivity index (χ1n) is 10.7. The standard InChI is InChI=1S/C26H22FN5O/c27-20-11-9-18(10-12-20)23-22-24(31-30-23)26(33)32(25(22)21-8-4-5-14-29-21)15-13-19(16-28)17-6-2-1-3-7-17/h1-12,14,16,25H,13,15,28H2,(H,30,31). The summed E-state index contributed by atoms with van der Waals surface area (Å²) in [6.45, 7) is 0.448. The molecule has 2 aromatic heterocycles. The molecule has 1 aliphatic rings. The first-order valence-corrected chi connectivity index (χ1v) is 10.7. The Balaban J connectivity index is 1.53. The van der Waals surface area contributed by atoms with Crippen LogP contribution in [0.4, 0.5) is 4.39 Å². The lowest BCUT2D eigenvalue weighted by molar-refractivity contribution is 0.0745. The summed E-state index contributed by atoms with van der Waals surface area (Å²) in [7, 11) is 0. The van der Waals surface area contributed by atoms with Gasteiger partial charge in [-0.05, 0) is 60.2 Å². The van der Waals surface area contributed by atoms with Crippen molar-refractivity contribution in [2.24, 2.45) is 5.73 Å². The van der Waals surface area contributed by atoms with E-state index in [0.717, 1.165) is 28.0 Å². The number of aromatic amines is 1. The van der Waals surface area contributed by atoms with E-state index >= 15 is 0 Å². The highest BCUT2D eigenvalue weighted by atomic mass is 19.1. The van der Waals surface area contributed by atoms with Crippen molar-refractivity contribution in [3.05, 3.63) is 114 Å². The predicted molar refractivity (Wildman–Crippen MR) is 124 cm³/mol. The zero-order valence-electron chi connectivity index (χ0n) is 17.8. The highest BCUT2D eigenvalue weighted by Crippen LogP contribution is 2.42. The Hall–Kier alpha value is -4.26. The number of amides is 1. The van der Waals surface area contributed by atoms with E-state index < -0.39 is 6.04 Å². The molecule has 2 aromatic carbocycles. The van der Waals surface area contributed by atoms with Gasteiger partial charge in [0.2, 0.25) is 0 Å². The maximum Gasteiger partial charge on any atom is 0.273 e. The lowest BCUT2D eigenvalue weighted by Gasteiger charge is -2.26. The van der Waals surface area contributed by atoms with Crippen LogP contribution in [0.1, 0.15) is 39.8 Å². The molecule has 0 radical (unpaired) electrons. The molecule has 1 unspecified atom stereocenters. The van der Waals surface area contributed by atoms with E-state index in [4.69, 9.17) is 5.73 Å². The van der Waals surface area contributed by atoms with Crippen LogP contribution >= 0.6 is 0 Å². The van der Waals surface area contributed by atoms with Crippen LogP contribution in [0.2, 0.25) is 0 Å². The average molecular weight is 439 g/mol. The second-order valence-electron chi connectivity index (χ2n) is 7.83. The minimum absolute atomic E-state index is 0.147. The van der Waals surface area contributed by atoms with Crippen molar-refractivity contribution in [3.63, 3.8) is 0 Å². The van der Waals surface area contributed by atoms with Crippen LogP contribution in [0.5, 0.6) is 0 Å². The summed E-state index contributed by atoms with van der Waals surface area (Å²) in [6, 6.07) is 21.2. The van der Waals surface area contributed by atoms with E-state index in [1.54, 1.807) is 29.4 Å². The molecule has 6 nitrogen and oxygen atoms in total. The van der Waals surface area contributed by atoms with Crippen molar-refractivity contribution in [1.82, 2.24) is 20.1 Å². The summed E-state index contributed by atoms with van der Waals surface area (Å²) in [5.74, 6) is -0.474.